The Balaban J connectivity index is 1.88. The van der Waals surface area contributed by atoms with Crippen LogP contribution < -0.4 is 15.0 Å². The number of hydrogen-bond donors (Lipinski definition) is 1. The number of rotatable bonds is 6. The number of nitrogens with zero attached hydrogens (tertiary/aromatic N) is 2. The fourth-order valence-corrected chi connectivity index (χ4v) is 1.94. The van der Waals surface area contributed by atoms with Crippen molar-refractivity contribution in [3.05, 3.63) is 60.2 Å². The van der Waals surface area contributed by atoms with Gasteiger partial charge >= 0.3 is 0 Å². The highest BCUT2D eigenvalue weighted by Gasteiger charge is 2.10. The SMILES string of the molecule is COc1ccc(CNC(=O)CN(C#N)c2ccccc2)cc1. The second-order valence-electron chi connectivity index (χ2n) is 4.65. The molecule has 1 N–H and O–H groups in total. The third kappa shape index (κ3) is 4.25. The minimum absolute atomic E-state index is 0.00331. The van der Waals surface area contributed by atoms with Gasteiger partial charge in [0.1, 0.15) is 12.3 Å². The van der Waals surface area contributed by atoms with Gasteiger partial charge in [0.2, 0.25) is 5.91 Å². The molecule has 0 aliphatic rings. The van der Waals surface area contributed by atoms with E-state index in [4.69, 9.17) is 10.00 Å². The van der Waals surface area contributed by atoms with Crippen molar-refractivity contribution in [3.63, 3.8) is 0 Å². The van der Waals surface area contributed by atoms with Gasteiger partial charge in [-0.3, -0.25) is 9.69 Å². The van der Waals surface area contributed by atoms with Gasteiger partial charge in [0.05, 0.1) is 12.8 Å². The van der Waals surface area contributed by atoms with Crippen LogP contribution in [0.1, 0.15) is 5.56 Å². The molecule has 0 atom stereocenters. The van der Waals surface area contributed by atoms with Crippen molar-refractivity contribution in [1.29, 1.82) is 5.26 Å². The van der Waals surface area contributed by atoms with Crippen molar-refractivity contribution >= 4 is 11.6 Å². The number of para-hydroxylation sites is 1. The van der Waals surface area contributed by atoms with Crippen LogP contribution in [0.3, 0.4) is 0 Å². The molecule has 0 saturated heterocycles. The number of anilines is 1. The van der Waals surface area contributed by atoms with E-state index in [1.807, 2.05) is 48.7 Å². The van der Waals surface area contributed by atoms with Gasteiger partial charge < -0.3 is 10.1 Å². The van der Waals surface area contributed by atoms with Crippen LogP contribution in [0.4, 0.5) is 5.69 Å². The predicted molar refractivity (Wildman–Crippen MR) is 84.2 cm³/mol. The highest BCUT2D eigenvalue weighted by Crippen LogP contribution is 2.12. The largest absolute Gasteiger partial charge is 0.497 e. The summed E-state index contributed by atoms with van der Waals surface area (Å²) in [4.78, 5) is 13.3. The van der Waals surface area contributed by atoms with Gasteiger partial charge in [-0.25, -0.2) is 0 Å². The van der Waals surface area contributed by atoms with Crippen molar-refractivity contribution in [3.8, 4) is 11.9 Å². The number of ether oxygens (including phenoxy) is 1. The Kier molecular flexibility index (Phi) is 5.38. The summed E-state index contributed by atoms with van der Waals surface area (Å²) in [6.45, 7) is 0.410. The number of methoxy groups -OCH3 is 1. The molecule has 0 aromatic heterocycles. The first-order valence-corrected chi connectivity index (χ1v) is 6.85. The maximum atomic E-state index is 12.0. The second-order valence-corrected chi connectivity index (χ2v) is 4.65. The third-order valence-electron chi connectivity index (χ3n) is 3.14. The van der Waals surface area contributed by atoms with E-state index in [-0.39, 0.29) is 12.5 Å². The molecule has 2 aromatic rings. The van der Waals surface area contributed by atoms with Gasteiger partial charge in [-0.1, -0.05) is 30.3 Å². The van der Waals surface area contributed by atoms with E-state index in [0.717, 1.165) is 11.3 Å². The van der Waals surface area contributed by atoms with Crippen LogP contribution in [0.5, 0.6) is 5.75 Å². The lowest BCUT2D eigenvalue weighted by Gasteiger charge is -2.15. The smallest absolute Gasteiger partial charge is 0.241 e. The average molecular weight is 295 g/mol. The zero-order chi connectivity index (χ0) is 15.8. The molecule has 0 aliphatic heterocycles. The van der Waals surface area contributed by atoms with Crippen LogP contribution >= 0.6 is 0 Å². The molecule has 2 rings (SSSR count). The van der Waals surface area contributed by atoms with E-state index in [0.29, 0.717) is 12.2 Å². The van der Waals surface area contributed by atoms with E-state index in [1.54, 1.807) is 19.2 Å². The van der Waals surface area contributed by atoms with Crippen molar-refractivity contribution in [2.75, 3.05) is 18.6 Å². The lowest BCUT2D eigenvalue weighted by molar-refractivity contribution is -0.119. The van der Waals surface area contributed by atoms with Crippen molar-refractivity contribution in [2.24, 2.45) is 0 Å². The molecule has 0 spiro atoms. The van der Waals surface area contributed by atoms with Crippen LogP contribution in [0, 0.1) is 11.5 Å². The minimum Gasteiger partial charge on any atom is -0.497 e. The molecule has 112 valence electrons. The lowest BCUT2D eigenvalue weighted by Crippen LogP contribution is -2.34. The second kappa shape index (κ2) is 7.70. The molecular formula is C17H17N3O2. The summed E-state index contributed by atoms with van der Waals surface area (Å²) in [5, 5.41) is 12.0. The third-order valence-corrected chi connectivity index (χ3v) is 3.14. The first-order chi connectivity index (χ1) is 10.7. The van der Waals surface area contributed by atoms with Crippen LogP contribution in [0.25, 0.3) is 0 Å². The fourth-order valence-electron chi connectivity index (χ4n) is 1.94. The van der Waals surface area contributed by atoms with Gasteiger partial charge in [0, 0.05) is 6.54 Å². The number of nitriles is 1. The molecule has 0 heterocycles. The number of benzene rings is 2. The maximum Gasteiger partial charge on any atom is 0.241 e. The standard InChI is InChI=1S/C17H17N3O2/c1-22-16-9-7-14(8-10-16)11-19-17(21)12-20(13-18)15-5-3-2-4-6-15/h2-10H,11-12H2,1H3,(H,19,21). The summed E-state index contributed by atoms with van der Waals surface area (Å²) in [6.07, 6.45) is 2.02. The first-order valence-electron chi connectivity index (χ1n) is 6.85. The molecule has 5 heteroatoms. The number of amides is 1. The molecule has 1 amide bonds. The average Bonchev–Trinajstić information content (AvgIpc) is 2.59. The van der Waals surface area contributed by atoms with Gasteiger partial charge in [0.15, 0.2) is 6.19 Å². The monoisotopic (exact) mass is 295 g/mol. The van der Waals surface area contributed by atoms with E-state index < -0.39 is 0 Å². The van der Waals surface area contributed by atoms with Crippen molar-refractivity contribution in [2.45, 2.75) is 6.54 Å². The Morgan fingerprint density at radius 3 is 2.45 bits per heavy atom. The Hall–Kier alpha value is -3.00. The number of carbonyl (C=O) groups is 1. The summed E-state index contributed by atoms with van der Waals surface area (Å²) in [5.41, 5.74) is 1.67. The van der Waals surface area contributed by atoms with E-state index in [9.17, 15) is 4.79 Å². The summed E-state index contributed by atoms with van der Waals surface area (Å²) < 4.78 is 5.08. The minimum atomic E-state index is -0.207. The Morgan fingerprint density at radius 2 is 1.86 bits per heavy atom. The molecule has 0 bridgehead atoms. The van der Waals surface area contributed by atoms with Crippen molar-refractivity contribution < 1.29 is 9.53 Å². The van der Waals surface area contributed by atoms with Crippen molar-refractivity contribution in [1.82, 2.24) is 5.32 Å². The van der Waals surface area contributed by atoms with Crippen LogP contribution in [-0.4, -0.2) is 19.6 Å². The van der Waals surface area contributed by atoms with Crippen LogP contribution in [-0.2, 0) is 11.3 Å². The van der Waals surface area contributed by atoms with Gasteiger partial charge in [0.25, 0.3) is 0 Å². The highest BCUT2D eigenvalue weighted by atomic mass is 16.5. The summed E-state index contributed by atoms with van der Waals surface area (Å²) >= 11 is 0. The zero-order valence-corrected chi connectivity index (χ0v) is 12.3. The first kappa shape index (κ1) is 15.4. The molecule has 5 nitrogen and oxygen atoms in total. The predicted octanol–water partition coefficient (Wildman–Crippen LogP) is 2.30. The van der Waals surface area contributed by atoms with Gasteiger partial charge in [-0.15, -0.1) is 0 Å². The Bertz CT molecular complexity index is 648. The number of hydrogen-bond acceptors (Lipinski definition) is 4. The quantitative estimate of drug-likeness (QED) is 0.656. The number of carbonyl (C=O) groups excluding carboxylic acids is 1. The maximum absolute atomic E-state index is 12.0. The topological polar surface area (TPSA) is 65.4 Å². The lowest BCUT2D eigenvalue weighted by atomic mass is 10.2. The summed E-state index contributed by atoms with van der Waals surface area (Å²) in [7, 11) is 1.61. The van der Waals surface area contributed by atoms with Gasteiger partial charge in [-0.2, -0.15) is 5.26 Å². The molecule has 0 radical (unpaired) electrons. The summed E-state index contributed by atoms with van der Waals surface area (Å²) in [5.74, 6) is 0.566. The van der Waals surface area contributed by atoms with Gasteiger partial charge in [-0.05, 0) is 29.8 Å². The van der Waals surface area contributed by atoms with Crippen LogP contribution in [0.15, 0.2) is 54.6 Å². The molecule has 22 heavy (non-hydrogen) atoms. The van der Waals surface area contributed by atoms with Crippen LogP contribution in [0.2, 0.25) is 0 Å². The fraction of sp³-hybridized carbons (Fsp3) is 0.176. The molecule has 0 fully saturated rings. The summed E-state index contributed by atoms with van der Waals surface area (Å²) in [6, 6.07) is 16.6. The Morgan fingerprint density at radius 1 is 1.18 bits per heavy atom. The van der Waals surface area contributed by atoms with E-state index in [1.165, 1.54) is 4.90 Å². The molecule has 0 aliphatic carbocycles. The normalized spacial score (nSPS) is 9.64. The zero-order valence-electron chi connectivity index (χ0n) is 12.3. The molecule has 0 unspecified atom stereocenters. The molecule has 2 aromatic carbocycles. The van der Waals surface area contributed by atoms with E-state index >= 15 is 0 Å². The number of nitrogens with one attached hydrogen (secondary N) is 1. The molecule has 0 saturated carbocycles. The van der Waals surface area contributed by atoms with E-state index in [2.05, 4.69) is 5.32 Å². The Labute approximate surface area is 129 Å². The molecular weight excluding hydrogens is 278 g/mol. The highest BCUT2D eigenvalue weighted by molar-refractivity contribution is 5.82.